The maximum Gasteiger partial charge on any atom is 0.472 e. The molecule has 0 aromatic rings. The van der Waals surface area contributed by atoms with Gasteiger partial charge in [-0.2, -0.15) is 0 Å². The summed E-state index contributed by atoms with van der Waals surface area (Å²) < 4.78 is 69.0. The van der Waals surface area contributed by atoms with Crippen LogP contribution >= 0.6 is 15.6 Å². The topological polar surface area (TPSA) is 237 Å². The van der Waals surface area contributed by atoms with Crippen molar-refractivity contribution in [1.29, 1.82) is 0 Å². The number of esters is 4. The van der Waals surface area contributed by atoms with E-state index in [-0.39, 0.29) is 25.7 Å². The van der Waals surface area contributed by atoms with E-state index in [9.17, 15) is 43.2 Å². The molecule has 0 spiro atoms. The fourth-order valence-electron chi connectivity index (χ4n) is 13.6. The van der Waals surface area contributed by atoms with Crippen molar-refractivity contribution in [3.8, 4) is 0 Å². The number of rotatable bonds is 86. The summed E-state index contributed by atoms with van der Waals surface area (Å²) in [4.78, 5) is 73.3. The molecule has 106 heavy (non-hydrogen) atoms. The van der Waals surface area contributed by atoms with Crippen molar-refractivity contribution in [3.05, 3.63) is 0 Å². The van der Waals surface area contributed by atoms with Gasteiger partial charge in [-0.25, -0.2) is 9.13 Å². The van der Waals surface area contributed by atoms with Gasteiger partial charge >= 0.3 is 39.5 Å². The molecule has 0 heterocycles. The fourth-order valence-corrected chi connectivity index (χ4v) is 15.1. The minimum atomic E-state index is -4.97. The summed E-state index contributed by atoms with van der Waals surface area (Å²) in [5, 5.41) is 10.7. The molecular formula is C87H170O17P2. The number of aliphatic hydroxyl groups is 1. The van der Waals surface area contributed by atoms with Crippen LogP contribution in [0, 0.1) is 11.8 Å². The van der Waals surface area contributed by atoms with Crippen molar-refractivity contribution in [3.63, 3.8) is 0 Å². The number of phosphoric ester groups is 2. The number of hydrogen-bond acceptors (Lipinski definition) is 15. The number of aliphatic hydroxyl groups excluding tert-OH is 1. The molecule has 0 aliphatic rings. The standard InChI is InChI=1S/C87H170O17P2/c1-7-10-12-14-16-18-20-22-24-26-27-28-29-30-32-38-42-46-54-60-66-72-86(91)103-82(75-97-84(89)69-63-57-51-44-40-36-34-33-35-39-43-49-55-61-67-79(4)5)77-101-105(93,94)99-73-81(88)74-100-106(95,96)102-78-83(76-98-85(90)70-64-58-52-48-47-50-56-62-68-80(6)9-3)104-87(92)71-65-59-53-45-41-37-31-25-23-21-19-17-15-13-11-8-2/h79-83,88H,7-78H2,1-6H3,(H,93,94)(H,95,96)/t80?,81-,82-,83-/m1/s1. The van der Waals surface area contributed by atoms with Crippen LogP contribution in [-0.2, 0) is 65.4 Å². The maximum atomic E-state index is 13.2. The van der Waals surface area contributed by atoms with E-state index in [1.807, 2.05) is 0 Å². The SMILES string of the molecule is CCCCCCCCCCCCCCCCCCCCCCCC(=O)O[C@H](COC(=O)CCCCCCCCCCCCCCCCC(C)C)COP(=O)(O)OC[C@@H](O)COP(=O)(O)OC[C@@H](COC(=O)CCCCCCCCCCC(C)CC)OC(=O)CCCCCCCCCCCCCCCCCC. The van der Waals surface area contributed by atoms with E-state index in [1.54, 1.807) is 0 Å². The zero-order valence-electron chi connectivity index (χ0n) is 69.7. The van der Waals surface area contributed by atoms with Crippen molar-refractivity contribution in [2.75, 3.05) is 39.6 Å². The molecule has 17 nitrogen and oxygen atoms in total. The van der Waals surface area contributed by atoms with E-state index in [2.05, 4.69) is 41.5 Å². The summed E-state index contributed by atoms with van der Waals surface area (Å²) in [5.74, 6) is -0.523. The molecule has 0 saturated carbocycles. The third kappa shape index (κ3) is 78.7. The highest BCUT2D eigenvalue weighted by Crippen LogP contribution is 2.45. The first kappa shape index (κ1) is 104. The maximum absolute atomic E-state index is 13.2. The van der Waals surface area contributed by atoms with Crippen molar-refractivity contribution in [2.24, 2.45) is 11.8 Å². The van der Waals surface area contributed by atoms with E-state index in [1.165, 1.54) is 283 Å². The van der Waals surface area contributed by atoms with Gasteiger partial charge in [0.1, 0.15) is 19.3 Å². The molecule has 6 atom stereocenters. The number of carbonyl (C=O) groups is 4. The summed E-state index contributed by atoms with van der Waals surface area (Å²) in [7, 11) is -9.93. The molecule has 0 amide bonds. The van der Waals surface area contributed by atoms with E-state index < -0.39 is 97.5 Å². The number of unbranched alkanes of at least 4 members (excludes halogenated alkanes) is 55. The first-order chi connectivity index (χ1) is 51.4. The zero-order valence-corrected chi connectivity index (χ0v) is 71.5. The molecule has 0 saturated heterocycles. The normalized spacial score (nSPS) is 14.1. The fraction of sp³-hybridized carbons (Fsp3) is 0.954. The molecule has 0 bridgehead atoms. The van der Waals surface area contributed by atoms with Crippen LogP contribution in [0.15, 0.2) is 0 Å². The molecular weight excluding hydrogens is 1380 g/mol. The quantitative estimate of drug-likeness (QED) is 0.0222. The predicted molar refractivity (Wildman–Crippen MR) is 437 cm³/mol. The summed E-state index contributed by atoms with van der Waals surface area (Å²) in [6.45, 7) is 9.71. The van der Waals surface area contributed by atoms with Crippen LogP contribution in [0.3, 0.4) is 0 Å². The van der Waals surface area contributed by atoms with E-state index in [0.29, 0.717) is 25.7 Å². The van der Waals surface area contributed by atoms with Crippen LogP contribution in [-0.4, -0.2) is 96.7 Å². The average Bonchev–Trinajstić information content (AvgIpc) is 0.921. The second kappa shape index (κ2) is 78.3. The van der Waals surface area contributed by atoms with Crippen LogP contribution in [0.25, 0.3) is 0 Å². The second-order valence-electron chi connectivity index (χ2n) is 32.0. The van der Waals surface area contributed by atoms with Gasteiger partial charge in [-0.05, 0) is 37.5 Å². The molecule has 0 rings (SSSR count). The van der Waals surface area contributed by atoms with Gasteiger partial charge in [-0.1, -0.05) is 414 Å². The van der Waals surface area contributed by atoms with Crippen molar-refractivity contribution in [1.82, 2.24) is 0 Å². The second-order valence-corrected chi connectivity index (χ2v) is 34.9. The highest BCUT2D eigenvalue weighted by atomic mass is 31.2. The Morgan fingerprint density at radius 3 is 0.717 bits per heavy atom. The average molecular weight is 1550 g/mol. The predicted octanol–water partition coefficient (Wildman–Crippen LogP) is 26.6. The minimum Gasteiger partial charge on any atom is -0.462 e. The summed E-state index contributed by atoms with van der Waals surface area (Å²) in [5.41, 5.74) is 0. The van der Waals surface area contributed by atoms with Gasteiger partial charge < -0.3 is 33.8 Å². The van der Waals surface area contributed by atoms with Crippen molar-refractivity contribution >= 4 is 39.5 Å². The Balaban J connectivity index is 5.25. The monoisotopic (exact) mass is 1550 g/mol. The zero-order chi connectivity index (χ0) is 77.8. The van der Waals surface area contributed by atoms with Crippen LogP contribution in [0.2, 0.25) is 0 Å². The van der Waals surface area contributed by atoms with E-state index in [4.69, 9.17) is 37.0 Å². The van der Waals surface area contributed by atoms with Gasteiger partial charge in [0.05, 0.1) is 26.4 Å². The number of hydrogen-bond donors (Lipinski definition) is 3. The van der Waals surface area contributed by atoms with Crippen LogP contribution in [0.4, 0.5) is 0 Å². The van der Waals surface area contributed by atoms with Gasteiger partial charge in [0.2, 0.25) is 0 Å². The lowest BCUT2D eigenvalue weighted by Crippen LogP contribution is -2.30. The minimum absolute atomic E-state index is 0.108. The van der Waals surface area contributed by atoms with Crippen molar-refractivity contribution < 1.29 is 80.2 Å². The molecule has 0 radical (unpaired) electrons. The largest absolute Gasteiger partial charge is 0.472 e. The van der Waals surface area contributed by atoms with Crippen LogP contribution < -0.4 is 0 Å². The number of phosphoric acid groups is 2. The lowest BCUT2D eigenvalue weighted by atomic mass is 9.99. The smallest absolute Gasteiger partial charge is 0.462 e. The Morgan fingerprint density at radius 1 is 0.274 bits per heavy atom. The van der Waals surface area contributed by atoms with Gasteiger partial charge in [-0.15, -0.1) is 0 Å². The highest BCUT2D eigenvalue weighted by molar-refractivity contribution is 7.47. The van der Waals surface area contributed by atoms with Gasteiger partial charge in [0.15, 0.2) is 12.2 Å². The lowest BCUT2D eigenvalue weighted by molar-refractivity contribution is -0.161. The van der Waals surface area contributed by atoms with E-state index in [0.717, 1.165) is 102 Å². The third-order valence-corrected chi connectivity index (χ3v) is 22.7. The Labute approximate surface area is 651 Å². The third-order valence-electron chi connectivity index (χ3n) is 20.8. The molecule has 0 aromatic carbocycles. The van der Waals surface area contributed by atoms with Gasteiger partial charge in [-0.3, -0.25) is 37.3 Å². The highest BCUT2D eigenvalue weighted by Gasteiger charge is 2.30. The Bertz CT molecular complexity index is 2030. The molecule has 0 aliphatic heterocycles. The van der Waals surface area contributed by atoms with Crippen LogP contribution in [0.1, 0.15) is 465 Å². The summed E-state index contributed by atoms with van der Waals surface area (Å²) in [6.07, 6.45) is 70.8. The molecule has 0 aromatic heterocycles. The molecule has 630 valence electrons. The first-order valence-corrected chi connectivity index (χ1v) is 48.0. The lowest BCUT2D eigenvalue weighted by Gasteiger charge is -2.21. The molecule has 3 N–H and O–H groups in total. The summed E-state index contributed by atoms with van der Waals surface area (Å²) >= 11 is 0. The molecule has 0 fully saturated rings. The molecule has 19 heteroatoms. The molecule has 0 aliphatic carbocycles. The summed E-state index contributed by atoms with van der Waals surface area (Å²) in [6, 6.07) is 0. The number of carbonyl (C=O) groups excluding carboxylic acids is 4. The van der Waals surface area contributed by atoms with Gasteiger partial charge in [0.25, 0.3) is 0 Å². The molecule has 3 unspecified atom stereocenters. The Morgan fingerprint density at radius 2 is 0.481 bits per heavy atom. The Hall–Kier alpha value is -1.94. The van der Waals surface area contributed by atoms with Crippen molar-refractivity contribution in [2.45, 2.75) is 484 Å². The Kier molecular flexibility index (Phi) is 76.9. The number of ether oxygens (including phenoxy) is 4. The van der Waals surface area contributed by atoms with E-state index >= 15 is 0 Å². The van der Waals surface area contributed by atoms with Gasteiger partial charge in [0, 0.05) is 25.7 Å². The van der Waals surface area contributed by atoms with Crippen LogP contribution in [0.5, 0.6) is 0 Å². The first-order valence-electron chi connectivity index (χ1n) is 45.0.